The fraction of sp³-hybridized carbons (Fsp3) is 0.486. The molecule has 0 amide bonds. The maximum absolute atomic E-state index is 13.7. The lowest BCUT2D eigenvalue weighted by atomic mass is 9.91. The number of fused-ring (bicyclic) bond motifs is 3. The second-order valence-corrected chi connectivity index (χ2v) is 11.7. The van der Waals surface area contributed by atoms with Crippen molar-refractivity contribution in [2.75, 3.05) is 19.8 Å². The van der Waals surface area contributed by atoms with Gasteiger partial charge in [0.25, 0.3) is 0 Å². The van der Waals surface area contributed by atoms with E-state index in [-0.39, 0.29) is 5.97 Å². The van der Waals surface area contributed by atoms with Crippen LogP contribution in [0.4, 0.5) is 0 Å². The van der Waals surface area contributed by atoms with Crippen LogP contribution in [-0.4, -0.2) is 40.1 Å². The average Bonchev–Trinajstić information content (AvgIpc) is 3.43. The minimum atomic E-state index is -0.250. The van der Waals surface area contributed by atoms with Gasteiger partial charge in [-0.3, -0.25) is 4.68 Å². The number of carbonyl (C=O) groups excluding carboxylic acids is 1. The normalized spacial score (nSPS) is 15.1. The summed E-state index contributed by atoms with van der Waals surface area (Å²) in [7, 11) is 1.99. The van der Waals surface area contributed by atoms with Gasteiger partial charge < -0.3 is 18.8 Å². The van der Waals surface area contributed by atoms with E-state index < -0.39 is 0 Å². The lowest BCUT2D eigenvalue weighted by molar-refractivity contribution is 0.0512. The first-order valence-electron chi connectivity index (χ1n) is 15.7. The molecule has 0 N–H and O–H groups in total. The zero-order valence-electron chi connectivity index (χ0n) is 25.6. The van der Waals surface area contributed by atoms with E-state index in [2.05, 4.69) is 48.7 Å². The Morgan fingerprint density at radius 1 is 1.05 bits per heavy atom. The molecule has 7 nitrogen and oxygen atoms in total. The van der Waals surface area contributed by atoms with Gasteiger partial charge >= 0.3 is 5.97 Å². The number of aromatic nitrogens is 3. The fourth-order valence-corrected chi connectivity index (χ4v) is 7.00. The number of ether oxygens (including phenoxy) is 3. The van der Waals surface area contributed by atoms with Crippen LogP contribution in [-0.2, 0) is 48.9 Å². The summed E-state index contributed by atoms with van der Waals surface area (Å²) in [6.45, 7) is 8.96. The van der Waals surface area contributed by atoms with Crippen molar-refractivity contribution in [3.63, 3.8) is 0 Å². The number of esters is 1. The Hall–Kier alpha value is -3.58. The van der Waals surface area contributed by atoms with Crippen LogP contribution in [0, 0.1) is 13.8 Å². The molecule has 3 heterocycles. The van der Waals surface area contributed by atoms with Crippen molar-refractivity contribution in [1.29, 1.82) is 0 Å². The van der Waals surface area contributed by atoms with Gasteiger partial charge in [-0.2, -0.15) is 5.10 Å². The third kappa shape index (κ3) is 5.24. The molecule has 0 saturated heterocycles. The number of hydrogen-bond donors (Lipinski definition) is 0. The summed E-state index contributed by atoms with van der Waals surface area (Å²) in [5, 5.41) is 5.91. The summed E-state index contributed by atoms with van der Waals surface area (Å²) < 4.78 is 22.3. The molecule has 222 valence electrons. The topological polar surface area (TPSA) is 67.5 Å². The van der Waals surface area contributed by atoms with E-state index in [9.17, 15) is 4.79 Å². The summed E-state index contributed by atoms with van der Waals surface area (Å²) in [5.74, 6) is 0.772. The van der Waals surface area contributed by atoms with E-state index in [1.54, 1.807) is 0 Å². The molecular weight excluding hydrogens is 526 g/mol. The Morgan fingerprint density at radius 2 is 1.90 bits per heavy atom. The number of carbonyl (C=O) groups is 1. The van der Waals surface area contributed by atoms with Gasteiger partial charge in [0, 0.05) is 36.7 Å². The zero-order chi connectivity index (χ0) is 29.2. The fourth-order valence-electron chi connectivity index (χ4n) is 7.00. The van der Waals surface area contributed by atoms with E-state index in [1.165, 1.54) is 24.0 Å². The van der Waals surface area contributed by atoms with Crippen molar-refractivity contribution in [3.8, 4) is 16.9 Å². The molecular formula is C35H43N3O4. The minimum absolute atomic E-state index is 0.250. The molecule has 0 bridgehead atoms. The third-order valence-corrected chi connectivity index (χ3v) is 8.94. The van der Waals surface area contributed by atoms with Gasteiger partial charge in [0.2, 0.25) is 0 Å². The summed E-state index contributed by atoms with van der Waals surface area (Å²) >= 11 is 0. The van der Waals surface area contributed by atoms with Crippen LogP contribution >= 0.6 is 0 Å². The molecule has 7 heteroatoms. The van der Waals surface area contributed by atoms with Crippen LogP contribution in [0.25, 0.3) is 22.0 Å². The summed E-state index contributed by atoms with van der Waals surface area (Å²) in [6, 6.07) is 10.8. The van der Waals surface area contributed by atoms with Crippen LogP contribution in [0.5, 0.6) is 5.75 Å². The summed E-state index contributed by atoms with van der Waals surface area (Å²) in [6.07, 6.45) is 8.09. The van der Waals surface area contributed by atoms with Gasteiger partial charge in [0.05, 0.1) is 36.7 Å². The van der Waals surface area contributed by atoms with E-state index in [0.717, 1.165) is 95.4 Å². The molecule has 6 rings (SSSR count). The molecule has 42 heavy (non-hydrogen) atoms. The second kappa shape index (κ2) is 12.3. The van der Waals surface area contributed by atoms with Crippen LogP contribution in [0.2, 0.25) is 0 Å². The van der Waals surface area contributed by atoms with Crippen LogP contribution in [0.15, 0.2) is 30.3 Å². The first-order valence-corrected chi connectivity index (χ1v) is 15.7. The molecule has 2 aromatic heterocycles. The predicted octanol–water partition coefficient (Wildman–Crippen LogP) is 7.04. The van der Waals surface area contributed by atoms with Gasteiger partial charge in [-0.1, -0.05) is 24.3 Å². The quantitative estimate of drug-likeness (QED) is 0.176. The van der Waals surface area contributed by atoms with Gasteiger partial charge in [0.15, 0.2) is 0 Å². The number of nitrogens with zero attached hydrogens (tertiary/aromatic N) is 3. The van der Waals surface area contributed by atoms with Crippen LogP contribution in [0.1, 0.15) is 83.2 Å². The Morgan fingerprint density at radius 3 is 2.76 bits per heavy atom. The smallest absolute Gasteiger partial charge is 0.355 e. The monoisotopic (exact) mass is 569 g/mol. The first-order chi connectivity index (χ1) is 20.5. The number of rotatable bonds is 7. The Bertz CT molecular complexity index is 1610. The second-order valence-electron chi connectivity index (χ2n) is 11.7. The van der Waals surface area contributed by atoms with Gasteiger partial charge in [-0.25, -0.2) is 4.79 Å². The molecule has 2 aromatic carbocycles. The van der Waals surface area contributed by atoms with Crippen LogP contribution < -0.4 is 4.74 Å². The Kier molecular flexibility index (Phi) is 8.38. The number of benzene rings is 2. The summed E-state index contributed by atoms with van der Waals surface area (Å²) in [4.78, 5) is 13.7. The zero-order valence-corrected chi connectivity index (χ0v) is 25.6. The largest absolute Gasteiger partial charge is 0.493 e. The number of aryl methyl sites for hydroxylation is 6. The molecule has 1 aliphatic carbocycles. The molecule has 0 spiro atoms. The van der Waals surface area contributed by atoms with Crippen molar-refractivity contribution in [2.24, 2.45) is 7.05 Å². The maximum atomic E-state index is 13.7. The minimum Gasteiger partial charge on any atom is -0.493 e. The van der Waals surface area contributed by atoms with E-state index >= 15 is 0 Å². The molecule has 4 aromatic rings. The molecule has 0 radical (unpaired) electrons. The SMILES string of the molecule is CCOC(=O)c1c(CCCOc2cccc3c2CCCC3)c2ccc(C)c3c2n1CCCCOCc1c-3c(C)nn1C. The molecule has 0 fully saturated rings. The molecule has 0 unspecified atom stereocenters. The van der Waals surface area contributed by atoms with Crippen molar-refractivity contribution in [3.05, 3.63) is 69.7 Å². The van der Waals surface area contributed by atoms with Crippen molar-refractivity contribution in [1.82, 2.24) is 14.3 Å². The van der Waals surface area contributed by atoms with Crippen molar-refractivity contribution < 1.29 is 19.0 Å². The Labute approximate surface area is 248 Å². The molecule has 0 saturated carbocycles. The third-order valence-electron chi connectivity index (χ3n) is 8.94. The highest BCUT2D eigenvalue weighted by molar-refractivity contribution is 6.05. The molecule has 1 aliphatic heterocycles. The lowest BCUT2D eigenvalue weighted by Crippen LogP contribution is -2.15. The lowest BCUT2D eigenvalue weighted by Gasteiger charge is -2.19. The Balaban J connectivity index is 1.43. The maximum Gasteiger partial charge on any atom is 0.355 e. The van der Waals surface area contributed by atoms with Crippen LogP contribution in [0.3, 0.4) is 0 Å². The summed E-state index contributed by atoms with van der Waals surface area (Å²) in [5.41, 5.74) is 11.1. The highest BCUT2D eigenvalue weighted by Gasteiger charge is 2.29. The highest BCUT2D eigenvalue weighted by Crippen LogP contribution is 2.41. The highest BCUT2D eigenvalue weighted by atomic mass is 16.5. The van der Waals surface area contributed by atoms with Gasteiger partial charge in [0.1, 0.15) is 11.4 Å². The van der Waals surface area contributed by atoms with E-state index in [1.807, 2.05) is 18.7 Å². The number of hydrogen-bond acceptors (Lipinski definition) is 5. The van der Waals surface area contributed by atoms with E-state index in [0.29, 0.717) is 32.1 Å². The first kappa shape index (κ1) is 28.5. The van der Waals surface area contributed by atoms with Crippen molar-refractivity contribution >= 4 is 16.9 Å². The molecule has 0 atom stereocenters. The van der Waals surface area contributed by atoms with Gasteiger partial charge in [-0.15, -0.1) is 0 Å². The van der Waals surface area contributed by atoms with Crippen molar-refractivity contribution in [2.45, 2.75) is 85.3 Å². The van der Waals surface area contributed by atoms with Gasteiger partial charge in [-0.05, 0) is 100 Å². The molecule has 2 aliphatic rings. The average molecular weight is 570 g/mol. The predicted molar refractivity (Wildman–Crippen MR) is 165 cm³/mol. The van der Waals surface area contributed by atoms with E-state index in [4.69, 9.17) is 19.3 Å². The standard InChI is InChI=1S/C35H43N3O4/c1-5-41-35(39)34-27(15-11-21-42-30-16-10-13-25-12-6-7-14-26(25)30)28-18-17-23(2)31-32-24(3)36-37(4)29(32)22-40-20-9-8-19-38(34)33(28)31/h10,13,16-18H,5-9,11-12,14-15,19-22H2,1-4H3.